The van der Waals surface area contributed by atoms with Crippen molar-refractivity contribution >= 4 is 17.4 Å². The van der Waals surface area contributed by atoms with Crippen LogP contribution in [0.3, 0.4) is 0 Å². The molecule has 0 unspecified atom stereocenters. The maximum absolute atomic E-state index is 5.80. The Morgan fingerprint density at radius 3 is 2.43 bits per heavy atom. The molecule has 3 rings (SSSR count). The van der Waals surface area contributed by atoms with Crippen LogP contribution in [0.25, 0.3) is 0 Å². The van der Waals surface area contributed by atoms with Gasteiger partial charge in [-0.2, -0.15) is 11.8 Å². The molecule has 0 fully saturated rings. The highest BCUT2D eigenvalue weighted by atomic mass is 32.2. The van der Waals surface area contributed by atoms with Gasteiger partial charge in [-0.3, -0.25) is 0 Å². The van der Waals surface area contributed by atoms with E-state index in [9.17, 15) is 0 Å². The summed E-state index contributed by atoms with van der Waals surface area (Å²) in [4.78, 5) is 2.46. The van der Waals surface area contributed by atoms with Gasteiger partial charge in [0.1, 0.15) is 12.9 Å². The lowest BCUT2D eigenvalue weighted by Gasteiger charge is -2.38. The van der Waals surface area contributed by atoms with Crippen LogP contribution in [-0.4, -0.2) is 24.7 Å². The number of nitrogens with zero attached hydrogens (tertiary/aromatic N) is 1. The van der Waals surface area contributed by atoms with Crippen LogP contribution in [0.15, 0.2) is 72.6 Å². The third-order valence-electron chi connectivity index (χ3n) is 4.10. The lowest BCUT2D eigenvalue weighted by atomic mass is 10.0. The Balaban J connectivity index is 1.87. The van der Waals surface area contributed by atoms with E-state index in [1.807, 2.05) is 18.0 Å². The van der Waals surface area contributed by atoms with Crippen LogP contribution >= 0.6 is 11.8 Å². The second kappa shape index (κ2) is 8.11. The molecule has 0 saturated carbocycles. The van der Waals surface area contributed by atoms with Gasteiger partial charge in [-0.25, -0.2) is 0 Å². The predicted octanol–water partition coefficient (Wildman–Crippen LogP) is 4.73. The van der Waals surface area contributed by atoms with Gasteiger partial charge in [0.15, 0.2) is 0 Å². The minimum Gasteiger partial charge on any atom is -0.497 e. The van der Waals surface area contributed by atoms with E-state index in [-0.39, 0.29) is 0 Å². The Labute approximate surface area is 143 Å². The first-order valence-electron chi connectivity index (χ1n) is 8.06. The first-order chi connectivity index (χ1) is 11.4. The van der Waals surface area contributed by atoms with Crippen LogP contribution in [-0.2, 0) is 11.2 Å². The number of rotatable bonds is 6. The van der Waals surface area contributed by atoms with E-state index < -0.39 is 0 Å². The Kier molecular flexibility index (Phi) is 5.65. The van der Waals surface area contributed by atoms with Gasteiger partial charge in [-0.05, 0) is 36.1 Å². The SMILES string of the molecule is CSCC[C@H]1COC=C(Cc2ccccc2)N1c1ccccc1. The van der Waals surface area contributed by atoms with Crippen molar-refractivity contribution in [3.05, 3.63) is 78.2 Å². The lowest BCUT2D eigenvalue weighted by molar-refractivity contribution is 0.201. The topological polar surface area (TPSA) is 12.5 Å². The Morgan fingerprint density at radius 2 is 1.74 bits per heavy atom. The molecule has 2 aromatic rings. The molecule has 3 heteroatoms. The fraction of sp³-hybridized carbons (Fsp3) is 0.300. The van der Waals surface area contributed by atoms with Crippen LogP contribution in [0.5, 0.6) is 0 Å². The van der Waals surface area contributed by atoms with Crippen molar-refractivity contribution in [3.63, 3.8) is 0 Å². The second-order valence-electron chi connectivity index (χ2n) is 5.75. The molecule has 0 saturated heterocycles. The molecule has 0 radical (unpaired) electrons. The summed E-state index contributed by atoms with van der Waals surface area (Å²) >= 11 is 1.90. The van der Waals surface area contributed by atoms with E-state index in [0.717, 1.165) is 25.2 Å². The molecule has 2 nitrogen and oxygen atoms in total. The van der Waals surface area contributed by atoms with Crippen LogP contribution in [0.4, 0.5) is 5.69 Å². The van der Waals surface area contributed by atoms with Crippen molar-refractivity contribution in [3.8, 4) is 0 Å². The standard InChI is InChI=1S/C20H23NOS/c1-23-13-12-19-15-22-16-20(14-17-8-4-2-5-9-17)21(19)18-10-6-3-7-11-18/h2-11,16,19H,12-15H2,1H3/t19-/m0/s1. The van der Waals surface area contributed by atoms with Crippen molar-refractivity contribution in [1.29, 1.82) is 0 Å². The minimum atomic E-state index is 0.397. The molecule has 0 amide bonds. The van der Waals surface area contributed by atoms with E-state index in [1.54, 1.807) is 0 Å². The number of hydrogen-bond acceptors (Lipinski definition) is 3. The molecule has 1 atom stereocenters. The third kappa shape index (κ3) is 4.11. The fourth-order valence-corrected chi connectivity index (χ4v) is 3.49. The van der Waals surface area contributed by atoms with Gasteiger partial charge in [-0.1, -0.05) is 48.5 Å². The number of hydrogen-bond donors (Lipinski definition) is 0. The van der Waals surface area contributed by atoms with E-state index in [0.29, 0.717) is 6.04 Å². The lowest BCUT2D eigenvalue weighted by Crippen LogP contribution is -2.42. The summed E-state index contributed by atoms with van der Waals surface area (Å²) in [6.07, 6.45) is 6.13. The average molecular weight is 325 g/mol. The monoisotopic (exact) mass is 325 g/mol. The molecular weight excluding hydrogens is 302 g/mol. The number of ether oxygens (including phenoxy) is 1. The summed E-state index contributed by atoms with van der Waals surface area (Å²) in [5.41, 5.74) is 3.80. The summed E-state index contributed by atoms with van der Waals surface area (Å²) in [6.45, 7) is 0.758. The van der Waals surface area contributed by atoms with E-state index in [1.165, 1.54) is 16.9 Å². The highest BCUT2D eigenvalue weighted by Gasteiger charge is 2.26. The Morgan fingerprint density at radius 1 is 1.04 bits per heavy atom. The van der Waals surface area contributed by atoms with Crippen molar-refractivity contribution in [2.24, 2.45) is 0 Å². The highest BCUT2D eigenvalue weighted by Crippen LogP contribution is 2.29. The minimum absolute atomic E-state index is 0.397. The number of benzene rings is 2. The Hall–Kier alpha value is -1.87. The van der Waals surface area contributed by atoms with Gasteiger partial charge in [-0.15, -0.1) is 0 Å². The summed E-state index contributed by atoms with van der Waals surface area (Å²) in [5.74, 6) is 1.15. The number of thioether (sulfide) groups is 1. The fourth-order valence-electron chi connectivity index (χ4n) is 2.98. The molecule has 23 heavy (non-hydrogen) atoms. The van der Waals surface area contributed by atoms with Crippen molar-refractivity contribution < 1.29 is 4.74 Å². The van der Waals surface area contributed by atoms with Gasteiger partial charge < -0.3 is 9.64 Å². The highest BCUT2D eigenvalue weighted by molar-refractivity contribution is 7.98. The zero-order chi connectivity index (χ0) is 15.9. The first-order valence-corrected chi connectivity index (χ1v) is 9.45. The summed E-state index contributed by atoms with van der Waals surface area (Å²) < 4.78 is 5.80. The maximum atomic E-state index is 5.80. The predicted molar refractivity (Wildman–Crippen MR) is 99.9 cm³/mol. The molecule has 0 spiro atoms. The maximum Gasteiger partial charge on any atom is 0.108 e. The molecule has 1 aliphatic heterocycles. The molecule has 2 aromatic carbocycles. The van der Waals surface area contributed by atoms with Crippen LogP contribution in [0, 0.1) is 0 Å². The molecule has 0 aromatic heterocycles. The van der Waals surface area contributed by atoms with Crippen molar-refractivity contribution in [1.82, 2.24) is 0 Å². The summed E-state index contributed by atoms with van der Waals surface area (Å²) in [6, 6.07) is 21.7. The van der Waals surface area contributed by atoms with E-state index >= 15 is 0 Å². The Bertz CT molecular complexity index is 627. The summed E-state index contributed by atoms with van der Waals surface area (Å²) in [5, 5.41) is 0. The van der Waals surface area contributed by atoms with Gasteiger partial charge in [0.25, 0.3) is 0 Å². The average Bonchev–Trinajstić information content (AvgIpc) is 2.61. The third-order valence-corrected chi connectivity index (χ3v) is 4.74. The zero-order valence-corrected chi connectivity index (χ0v) is 14.3. The zero-order valence-electron chi connectivity index (χ0n) is 13.5. The van der Waals surface area contributed by atoms with E-state index in [4.69, 9.17) is 4.74 Å². The number of allylic oxidation sites excluding steroid dienone is 1. The number of para-hydroxylation sites is 1. The van der Waals surface area contributed by atoms with Gasteiger partial charge in [0, 0.05) is 12.1 Å². The van der Waals surface area contributed by atoms with Gasteiger partial charge >= 0.3 is 0 Å². The quantitative estimate of drug-likeness (QED) is 0.762. The molecule has 1 aliphatic rings. The van der Waals surface area contributed by atoms with Crippen molar-refractivity contribution in [2.45, 2.75) is 18.9 Å². The normalized spacial score (nSPS) is 17.5. The number of anilines is 1. The largest absolute Gasteiger partial charge is 0.497 e. The van der Waals surface area contributed by atoms with Crippen LogP contribution in [0.1, 0.15) is 12.0 Å². The van der Waals surface area contributed by atoms with Gasteiger partial charge in [0.2, 0.25) is 0 Å². The smallest absolute Gasteiger partial charge is 0.108 e. The molecule has 0 N–H and O–H groups in total. The van der Waals surface area contributed by atoms with Gasteiger partial charge in [0.05, 0.1) is 11.7 Å². The van der Waals surface area contributed by atoms with Crippen molar-refractivity contribution in [2.75, 3.05) is 23.5 Å². The second-order valence-corrected chi connectivity index (χ2v) is 6.73. The summed E-state index contributed by atoms with van der Waals surface area (Å²) in [7, 11) is 0. The van der Waals surface area contributed by atoms with Crippen LogP contribution < -0.4 is 4.90 Å². The molecule has 1 heterocycles. The first kappa shape index (κ1) is 16.0. The molecule has 0 bridgehead atoms. The van der Waals surface area contributed by atoms with E-state index in [2.05, 4.69) is 71.8 Å². The van der Waals surface area contributed by atoms with Crippen LogP contribution in [0.2, 0.25) is 0 Å². The molecular formula is C20H23NOS. The molecule has 0 aliphatic carbocycles. The molecule has 120 valence electrons.